The fraction of sp³-hybridized carbons (Fsp3) is 0.462. The Kier molecular flexibility index (Phi) is 4.83. The Hall–Kier alpha value is -1.91. The highest BCUT2D eigenvalue weighted by Gasteiger charge is 2.15. The molecular weight excluding hydrogens is 230 g/mol. The first-order chi connectivity index (χ1) is 8.45. The van der Waals surface area contributed by atoms with Gasteiger partial charge in [-0.15, -0.1) is 0 Å². The van der Waals surface area contributed by atoms with Crippen LogP contribution in [0.25, 0.3) is 0 Å². The van der Waals surface area contributed by atoms with Gasteiger partial charge in [0.15, 0.2) is 0 Å². The van der Waals surface area contributed by atoms with Gasteiger partial charge in [-0.25, -0.2) is 0 Å². The van der Waals surface area contributed by atoms with Crippen molar-refractivity contribution in [3.05, 3.63) is 18.2 Å². The number of carbonyl (C=O) groups is 1. The second-order valence-corrected chi connectivity index (χ2v) is 4.45. The molecule has 1 unspecified atom stereocenters. The Balaban J connectivity index is 2.75. The number of benzene rings is 1. The number of amides is 1. The third kappa shape index (κ3) is 3.55. The monoisotopic (exact) mass is 251 g/mol. The molecule has 0 fully saturated rings. The minimum absolute atomic E-state index is 0.0628. The number of nitrogen functional groups attached to an aromatic ring is 1. The van der Waals surface area contributed by atoms with Crippen LogP contribution in [0.4, 0.5) is 11.4 Å². The van der Waals surface area contributed by atoms with Gasteiger partial charge in [-0.3, -0.25) is 4.79 Å². The van der Waals surface area contributed by atoms with E-state index < -0.39 is 0 Å². The van der Waals surface area contributed by atoms with E-state index in [-0.39, 0.29) is 18.0 Å². The fourth-order valence-corrected chi connectivity index (χ4v) is 1.56. The van der Waals surface area contributed by atoms with E-state index in [2.05, 4.69) is 10.6 Å². The predicted octanol–water partition coefficient (Wildman–Crippen LogP) is 1.60. The van der Waals surface area contributed by atoms with Crippen molar-refractivity contribution in [1.29, 1.82) is 0 Å². The van der Waals surface area contributed by atoms with E-state index in [0.29, 0.717) is 17.1 Å². The molecule has 0 saturated carbocycles. The molecule has 5 heteroatoms. The third-order valence-electron chi connectivity index (χ3n) is 2.48. The summed E-state index contributed by atoms with van der Waals surface area (Å²) >= 11 is 0. The van der Waals surface area contributed by atoms with Gasteiger partial charge in [0.05, 0.1) is 18.5 Å². The molecule has 0 spiro atoms. The number of nitrogens with two attached hydrogens (primary N) is 1. The van der Waals surface area contributed by atoms with Crippen LogP contribution in [-0.2, 0) is 4.79 Å². The SMILES string of the molecule is COc1cccc(NC(C)C(=O)NC(C)C)c1N. The van der Waals surface area contributed by atoms with Gasteiger partial charge in [0.25, 0.3) is 0 Å². The highest BCUT2D eigenvalue weighted by molar-refractivity contribution is 5.86. The van der Waals surface area contributed by atoms with Gasteiger partial charge in [-0.1, -0.05) is 6.07 Å². The van der Waals surface area contributed by atoms with Crippen LogP contribution in [0.3, 0.4) is 0 Å². The zero-order valence-electron chi connectivity index (χ0n) is 11.3. The van der Waals surface area contributed by atoms with Crippen LogP contribution in [0.5, 0.6) is 5.75 Å². The molecule has 4 N–H and O–H groups in total. The van der Waals surface area contributed by atoms with Crippen molar-refractivity contribution in [3.8, 4) is 5.75 Å². The summed E-state index contributed by atoms with van der Waals surface area (Å²) in [5.74, 6) is 0.531. The maximum atomic E-state index is 11.8. The van der Waals surface area contributed by atoms with E-state index in [1.165, 1.54) is 0 Å². The predicted molar refractivity (Wildman–Crippen MR) is 73.8 cm³/mol. The highest BCUT2D eigenvalue weighted by atomic mass is 16.5. The first kappa shape index (κ1) is 14.2. The minimum atomic E-state index is -0.359. The molecule has 0 aliphatic heterocycles. The summed E-state index contributed by atoms with van der Waals surface area (Å²) in [5, 5.41) is 5.91. The van der Waals surface area contributed by atoms with Crippen molar-refractivity contribution in [2.45, 2.75) is 32.9 Å². The lowest BCUT2D eigenvalue weighted by molar-refractivity contribution is -0.122. The quantitative estimate of drug-likeness (QED) is 0.695. The van der Waals surface area contributed by atoms with Crippen LogP contribution >= 0.6 is 0 Å². The second-order valence-electron chi connectivity index (χ2n) is 4.45. The van der Waals surface area contributed by atoms with Crippen LogP contribution in [-0.4, -0.2) is 25.1 Å². The summed E-state index contributed by atoms with van der Waals surface area (Å²) in [6, 6.07) is 5.17. The lowest BCUT2D eigenvalue weighted by Crippen LogP contribution is -2.41. The Morgan fingerprint density at radius 3 is 2.56 bits per heavy atom. The number of methoxy groups -OCH3 is 1. The van der Waals surface area contributed by atoms with Gasteiger partial charge in [0, 0.05) is 6.04 Å². The van der Waals surface area contributed by atoms with E-state index in [4.69, 9.17) is 10.5 Å². The molecule has 0 radical (unpaired) electrons. The van der Waals surface area contributed by atoms with Crippen molar-refractivity contribution in [2.75, 3.05) is 18.2 Å². The zero-order valence-corrected chi connectivity index (χ0v) is 11.3. The summed E-state index contributed by atoms with van der Waals surface area (Å²) < 4.78 is 5.13. The summed E-state index contributed by atoms with van der Waals surface area (Å²) in [7, 11) is 1.56. The summed E-state index contributed by atoms with van der Waals surface area (Å²) in [5.41, 5.74) is 7.12. The molecule has 18 heavy (non-hydrogen) atoms. The van der Waals surface area contributed by atoms with Gasteiger partial charge < -0.3 is 21.1 Å². The Morgan fingerprint density at radius 2 is 2.00 bits per heavy atom. The lowest BCUT2D eigenvalue weighted by atomic mass is 10.2. The number of para-hydroxylation sites is 1. The van der Waals surface area contributed by atoms with Crippen LogP contribution in [0.2, 0.25) is 0 Å². The molecule has 0 aliphatic carbocycles. The smallest absolute Gasteiger partial charge is 0.242 e. The zero-order chi connectivity index (χ0) is 13.7. The largest absolute Gasteiger partial charge is 0.495 e. The Morgan fingerprint density at radius 1 is 1.33 bits per heavy atom. The molecule has 1 aromatic rings. The number of hydrogen-bond donors (Lipinski definition) is 3. The lowest BCUT2D eigenvalue weighted by Gasteiger charge is -2.19. The van der Waals surface area contributed by atoms with Crippen molar-refractivity contribution < 1.29 is 9.53 Å². The van der Waals surface area contributed by atoms with Crippen LogP contribution < -0.4 is 21.1 Å². The van der Waals surface area contributed by atoms with Gasteiger partial charge in [-0.2, -0.15) is 0 Å². The molecule has 1 atom stereocenters. The molecule has 1 rings (SSSR count). The summed E-state index contributed by atoms with van der Waals surface area (Å²) in [6.45, 7) is 5.63. The molecule has 0 aliphatic rings. The standard InChI is InChI=1S/C13H21N3O2/c1-8(2)15-13(17)9(3)16-10-6-5-7-11(18-4)12(10)14/h5-9,16H,14H2,1-4H3,(H,15,17). The minimum Gasteiger partial charge on any atom is -0.495 e. The first-order valence-corrected chi connectivity index (χ1v) is 5.95. The van der Waals surface area contributed by atoms with Gasteiger partial charge >= 0.3 is 0 Å². The summed E-state index contributed by atoms with van der Waals surface area (Å²) in [6.07, 6.45) is 0. The molecule has 0 heterocycles. The van der Waals surface area contributed by atoms with E-state index in [1.807, 2.05) is 26.0 Å². The van der Waals surface area contributed by atoms with E-state index in [1.54, 1.807) is 20.1 Å². The van der Waals surface area contributed by atoms with Gasteiger partial charge in [0.1, 0.15) is 11.8 Å². The third-order valence-corrected chi connectivity index (χ3v) is 2.48. The normalized spacial score (nSPS) is 12.1. The van der Waals surface area contributed by atoms with Crippen LogP contribution in [0.15, 0.2) is 18.2 Å². The highest BCUT2D eigenvalue weighted by Crippen LogP contribution is 2.29. The number of rotatable bonds is 5. The molecular formula is C13H21N3O2. The fourth-order valence-electron chi connectivity index (χ4n) is 1.56. The van der Waals surface area contributed by atoms with Crippen molar-refractivity contribution in [3.63, 3.8) is 0 Å². The van der Waals surface area contributed by atoms with E-state index in [0.717, 1.165) is 0 Å². The maximum absolute atomic E-state index is 11.8. The van der Waals surface area contributed by atoms with E-state index >= 15 is 0 Å². The molecule has 0 saturated heterocycles. The van der Waals surface area contributed by atoms with Crippen molar-refractivity contribution in [1.82, 2.24) is 5.32 Å². The van der Waals surface area contributed by atoms with Crippen molar-refractivity contribution >= 4 is 17.3 Å². The second kappa shape index (κ2) is 6.14. The number of nitrogens with one attached hydrogen (secondary N) is 2. The average Bonchev–Trinajstić information content (AvgIpc) is 2.30. The Labute approximate surface area is 108 Å². The topological polar surface area (TPSA) is 76.4 Å². The Bertz CT molecular complexity index is 419. The van der Waals surface area contributed by atoms with Crippen molar-refractivity contribution in [2.24, 2.45) is 0 Å². The molecule has 100 valence electrons. The number of hydrogen-bond acceptors (Lipinski definition) is 4. The first-order valence-electron chi connectivity index (χ1n) is 5.95. The molecule has 0 bridgehead atoms. The average molecular weight is 251 g/mol. The van der Waals surface area contributed by atoms with Gasteiger partial charge in [0.2, 0.25) is 5.91 Å². The molecule has 1 amide bonds. The molecule has 5 nitrogen and oxygen atoms in total. The number of anilines is 2. The number of ether oxygens (including phenoxy) is 1. The molecule has 1 aromatic carbocycles. The van der Waals surface area contributed by atoms with Gasteiger partial charge in [-0.05, 0) is 32.9 Å². The van der Waals surface area contributed by atoms with Crippen LogP contribution in [0.1, 0.15) is 20.8 Å². The molecule has 0 aromatic heterocycles. The van der Waals surface area contributed by atoms with E-state index in [9.17, 15) is 4.79 Å². The summed E-state index contributed by atoms with van der Waals surface area (Å²) in [4.78, 5) is 11.8. The van der Waals surface area contributed by atoms with Crippen LogP contribution in [0, 0.1) is 0 Å². The number of carbonyl (C=O) groups excluding carboxylic acids is 1. The maximum Gasteiger partial charge on any atom is 0.242 e.